The standard InChI is InChI=1S/C13H12FN3O2/c14-8-3-1-7(2-4-8)11-5-9-10(6-19-11)16-17-12(9)13(15)18/h1-4,11H,5-6H2,(H2,15,18)(H,16,17). The van der Waals surface area contributed by atoms with Crippen LogP contribution in [0.2, 0.25) is 0 Å². The number of aromatic nitrogens is 2. The van der Waals surface area contributed by atoms with Crippen LogP contribution in [0.5, 0.6) is 0 Å². The summed E-state index contributed by atoms with van der Waals surface area (Å²) in [4.78, 5) is 11.3. The van der Waals surface area contributed by atoms with E-state index in [0.717, 1.165) is 16.8 Å². The van der Waals surface area contributed by atoms with E-state index in [0.29, 0.717) is 13.0 Å². The molecular weight excluding hydrogens is 249 g/mol. The van der Waals surface area contributed by atoms with Gasteiger partial charge in [0.2, 0.25) is 0 Å². The smallest absolute Gasteiger partial charge is 0.269 e. The third-order valence-corrected chi connectivity index (χ3v) is 3.25. The molecule has 19 heavy (non-hydrogen) atoms. The van der Waals surface area contributed by atoms with Gasteiger partial charge in [-0.2, -0.15) is 5.10 Å². The number of aromatic amines is 1. The number of H-pyrrole nitrogens is 1. The molecule has 0 fully saturated rings. The molecule has 1 atom stereocenters. The van der Waals surface area contributed by atoms with Crippen LogP contribution in [-0.4, -0.2) is 16.1 Å². The highest BCUT2D eigenvalue weighted by atomic mass is 19.1. The van der Waals surface area contributed by atoms with Crippen LogP contribution in [0.1, 0.15) is 33.4 Å². The lowest BCUT2D eigenvalue weighted by atomic mass is 9.97. The first-order valence-electron chi connectivity index (χ1n) is 5.88. The summed E-state index contributed by atoms with van der Waals surface area (Å²) in [6, 6.07) is 6.13. The predicted octanol–water partition coefficient (Wildman–Crippen LogP) is 1.46. The van der Waals surface area contributed by atoms with Crippen LogP contribution in [0, 0.1) is 5.82 Å². The summed E-state index contributed by atoms with van der Waals surface area (Å²) in [7, 11) is 0. The molecule has 2 heterocycles. The summed E-state index contributed by atoms with van der Waals surface area (Å²) < 4.78 is 18.6. The predicted molar refractivity (Wildman–Crippen MR) is 64.7 cm³/mol. The topological polar surface area (TPSA) is 81.0 Å². The van der Waals surface area contributed by atoms with E-state index in [1.807, 2.05) is 0 Å². The first-order valence-corrected chi connectivity index (χ1v) is 5.88. The zero-order valence-electron chi connectivity index (χ0n) is 10.0. The Bertz CT molecular complexity index is 621. The van der Waals surface area contributed by atoms with Gasteiger partial charge in [0, 0.05) is 12.0 Å². The van der Waals surface area contributed by atoms with Crippen molar-refractivity contribution in [2.24, 2.45) is 5.73 Å². The van der Waals surface area contributed by atoms with E-state index in [1.165, 1.54) is 12.1 Å². The zero-order valence-corrected chi connectivity index (χ0v) is 10.0. The van der Waals surface area contributed by atoms with Gasteiger partial charge in [0.15, 0.2) is 5.69 Å². The maximum atomic E-state index is 12.9. The number of hydrogen-bond donors (Lipinski definition) is 2. The van der Waals surface area contributed by atoms with Crippen molar-refractivity contribution < 1.29 is 13.9 Å². The number of fused-ring (bicyclic) bond motifs is 1. The number of carbonyl (C=O) groups is 1. The van der Waals surface area contributed by atoms with Crippen molar-refractivity contribution in [2.45, 2.75) is 19.1 Å². The highest BCUT2D eigenvalue weighted by Gasteiger charge is 2.27. The van der Waals surface area contributed by atoms with Gasteiger partial charge in [-0.1, -0.05) is 12.1 Å². The van der Waals surface area contributed by atoms with Crippen molar-refractivity contribution in [1.29, 1.82) is 0 Å². The first kappa shape index (κ1) is 11.9. The molecule has 6 heteroatoms. The second-order valence-corrected chi connectivity index (χ2v) is 4.45. The van der Waals surface area contributed by atoms with Crippen LogP contribution in [0.25, 0.3) is 0 Å². The molecular formula is C13H12FN3O2. The summed E-state index contributed by atoms with van der Waals surface area (Å²) in [5, 5.41) is 6.65. The summed E-state index contributed by atoms with van der Waals surface area (Å²) in [5.41, 5.74) is 7.95. The Balaban J connectivity index is 1.90. The van der Waals surface area contributed by atoms with Gasteiger partial charge in [-0.25, -0.2) is 4.39 Å². The number of nitrogens with one attached hydrogen (secondary N) is 1. The fraction of sp³-hybridized carbons (Fsp3) is 0.231. The number of amides is 1. The first-order chi connectivity index (χ1) is 9.15. The molecule has 1 aromatic carbocycles. The van der Waals surface area contributed by atoms with Crippen LogP contribution >= 0.6 is 0 Å². The fourth-order valence-electron chi connectivity index (χ4n) is 2.26. The second-order valence-electron chi connectivity index (χ2n) is 4.45. The van der Waals surface area contributed by atoms with E-state index in [4.69, 9.17) is 10.5 Å². The molecule has 3 N–H and O–H groups in total. The number of benzene rings is 1. The Morgan fingerprint density at radius 2 is 2.16 bits per heavy atom. The monoisotopic (exact) mass is 261 g/mol. The summed E-state index contributed by atoms with van der Waals surface area (Å²) >= 11 is 0. The van der Waals surface area contributed by atoms with Gasteiger partial charge in [0.25, 0.3) is 5.91 Å². The van der Waals surface area contributed by atoms with Gasteiger partial charge in [-0.05, 0) is 17.7 Å². The number of ether oxygens (including phenoxy) is 1. The number of rotatable bonds is 2. The van der Waals surface area contributed by atoms with E-state index in [2.05, 4.69) is 10.2 Å². The van der Waals surface area contributed by atoms with E-state index < -0.39 is 5.91 Å². The molecule has 0 saturated carbocycles. The van der Waals surface area contributed by atoms with Gasteiger partial charge in [0.05, 0.1) is 18.4 Å². The highest BCUT2D eigenvalue weighted by molar-refractivity contribution is 5.92. The molecule has 0 radical (unpaired) electrons. The van der Waals surface area contributed by atoms with Gasteiger partial charge < -0.3 is 10.5 Å². The molecule has 5 nitrogen and oxygen atoms in total. The number of carbonyl (C=O) groups excluding carboxylic acids is 1. The number of nitrogens with two attached hydrogens (primary N) is 1. The van der Waals surface area contributed by atoms with Gasteiger partial charge in [0.1, 0.15) is 5.82 Å². The number of hydrogen-bond acceptors (Lipinski definition) is 3. The molecule has 0 saturated heterocycles. The minimum atomic E-state index is -0.558. The van der Waals surface area contributed by atoms with E-state index in [-0.39, 0.29) is 17.6 Å². The van der Waals surface area contributed by atoms with Crippen molar-refractivity contribution in [3.05, 3.63) is 52.6 Å². The van der Waals surface area contributed by atoms with Crippen molar-refractivity contribution in [3.63, 3.8) is 0 Å². The molecule has 1 unspecified atom stereocenters. The third-order valence-electron chi connectivity index (χ3n) is 3.25. The van der Waals surface area contributed by atoms with Crippen LogP contribution in [0.15, 0.2) is 24.3 Å². The molecule has 3 rings (SSSR count). The number of primary amides is 1. The van der Waals surface area contributed by atoms with Crippen LogP contribution in [0.3, 0.4) is 0 Å². The van der Waals surface area contributed by atoms with Gasteiger partial charge >= 0.3 is 0 Å². The average molecular weight is 261 g/mol. The molecule has 0 spiro atoms. The lowest BCUT2D eigenvalue weighted by Crippen LogP contribution is -2.19. The molecule has 1 aliphatic heterocycles. The highest BCUT2D eigenvalue weighted by Crippen LogP contribution is 2.31. The molecule has 0 bridgehead atoms. The summed E-state index contributed by atoms with van der Waals surface area (Å²) in [5.74, 6) is -0.848. The third kappa shape index (κ3) is 2.10. The van der Waals surface area contributed by atoms with Crippen LogP contribution in [0.4, 0.5) is 4.39 Å². The summed E-state index contributed by atoms with van der Waals surface area (Å²) in [6.07, 6.45) is 0.277. The van der Waals surface area contributed by atoms with Crippen molar-refractivity contribution in [2.75, 3.05) is 0 Å². The molecule has 1 aromatic heterocycles. The maximum absolute atomic E-state index is 12.9. The van der Waals surface area contributed by atoms with Crippen molar-refractivity contribution >= 4 is 5.91 Å². The second kappa shape index (κ2) is 4.47. The Labute approximate surface area is 108 Å². The van der Waals surface area contributed by atoms with Gasteiger partial charge in [-0.15, -0.1) is 0 Å². The van der Waals surface area contributed by atoms with E-state index in [9.17, 15) is 9.18 Å². The minimum Gasteiger partial charge on any atom is -0.367 e. The SMILES string of the molecule is NC(=O)c1n[nH]c2c1CC(c1ccc(F)cc1)OC2. The molecule has 98 valence electrons. The minimum absolute atomic E-state index is 0.219. The van der Waals surface area contributed by atoms with Gasteiger partial charge in [-0.3, -0.25) is 9.89 Å². The zero-order chi connectivity index (χ0) is 13.4. The quantitative estimate of drug-likeness (QED) is 0.858. The lowest BCUT2D eigenvalue weighted by Gasteiger charge is -2.23. The Morgan fingerprint density at radius 3 is 2.84 bits per heavy atom. The maximum Gasteiger partial charge on any atom is 0.269 e. The van der Waals surface area contributed by atoms with E-state index in [1.54, 1.807) is 12.1 Å². The fourth-order valence-corrected chi connectivity index (χ4v) is 2.26. The molecule has 1 amide bonds. The van der Waals surface area contributed by atoms with Crippen molar-refractivity contribution in [3.8, 4) is 0 Å². The van der Waals surface area contributed by atoms with Crippen molar-refractivity contribution in [1.82, 2.24) is 10.2 Å². The molecule has 0 aliphatic carbocycles. The Kier molecular flexibility index (Phi) is 2.79. The molecule has 1 aliphatic rings. The number of nitrogens with zero attached hydrogens (tertiary/aromatic N) is 1. The Hall–Kier alpha value is -2.21. The van der Waals surface area contributed by atoms with Crippen LogP contribution < -0.4 is 5.73 Å². The Morgan fingerprint density at radius 1 is 1.42 bits per heavy atom. The molecule has 2 aromatic rings. The average Bonchev–Trinajstić information content (AvgIpc) is 2.82. The van der Waals surface area contributed by atoms with E-state index >= 15 is 0 Å². The summed E-state index contributed by atoms with van der Waals surface area (Å²) in [6.45, 7) is 0.331. The normalized spacial score (nSPS) is 18.1. The van der Waals surface area contributed by atoms with Crippen LogP contribution in [-0.2, 0) is 17.8 Å². The lowest BCUT2D eigenvalue weighted by molar-refractivity contribution is 0.0254. The number of halogens is 1. The largest absolute Gasteiger partial charge is 0.367 e.